The van der Waals surface area contributed by atoms with E-state index in [0.717, 1.165) is 55.6 Å². The molecule has 0 bridgehead atoms. The number of benzene rings is 2. The second kappa shape index (κ2) is 14.0. The highest BCUT2D eigenvalue weighted by atomic mass is 16.2. The third-order valence-electron chi connectivity index (χ3n) is 7.04. The number of carbonyl (C=O) groups is 2. The van der Waals surface area contributed by atoms with Gasteiger partial charge in [-0.15, -0.1) is 0 Å². The van der Waals surface area contributed by atoms with E-state index >= 15 is 0 Å². The monoisotopic (exact) mass is 489 g/mol. The maximum Gasteiger partial charge on any atom is 0.249 e. The van der Waals surface area contributed by atoms with Crippen molar-refractivity contribution in [1.29, 1.82) is 0 Å². The fraction of sp³-hybridized carbons (Fsp3) is 0.484. The third kappa shape index (κ3) is 7.54. The summed E-state index contributed by atoms with van der Waals surface area (Å²) in [5.74, 6) is -0.0937. The summed E-state index contributed by atoms with van der Waals surface area (Å²) in [7, 11) is 1.74. The van der Waals surface area contributed by atoms with Crippen molar-refractivity contribution in [3.05, 3.63) is 71.4 Å². The Labute approximate surface area is 217 Å². The Kier molecular flexibility index (Phi) is 10.7. The van der Waals surface area contributed by atoms with E-state index in [1.54, 1.807) is 18.0 Å². The quantitative estimate of drug-likeness (QED) is 0.354. The highest BCUT2D eigenvalue weighted by molar-refractivity contribution is 5.96. The summed E-state index contributed by atoms with van der Waals surface area (Å²) >= 11 is 0. The van der Waals surface area contributed by atoms with Crippen molar-refractivity contribution >= 4 is 11.8 Å². The largest absolute Gasteiger partial charge is 0.330 e. The summed E-state index contributed by atoms with van der Waals surface area (Å²) in [4.78, 5) is 29.7. The molecule has 3 rings (SSSR count). The Bertz CT molecular complexity index is 1030. The Morgan fingerprint density at radius 1 is 0.861 bits per heavy atom. The van der Waals surface area contributed by atoms with Crippen molar-refractivity contribution in [1.82, 2.24) is 15.1 Å². The number of nitrogens with one attached hydrogen (secondary N) is 1. The molecule has 1 N–H and O–H groups in total. The van der Waals surface area contributed by atoms with Gasteiger partial charge in [0, 0.05) is 38.3 Å². The van der Waals surface area contributed by atoms with Crippen LogP contribution < -0.4 is 5.32 Å². The lowest BCUT2D eigenvalue weighted by atomic mass is 9.98. The molecule has 0 saturated heterocycles. The van der Waals surface area contributed by atoms with Crippen LogP contribution >= 0.6 is 0 Å². The number of carbonyl (C=O) groups excluding carboxylic acids is 2. The smallest absolute Gasteiger partial charge is 0.249 e. The molecule has 0 saturated carbocycles. The molecule has 36 heavy (non-hydrogen) atoms. The lowest BCUT2D eigenvalue weighted by Crippen LogP contribution is -2.47. The first kappa shape index (κ1) is 27.7. The van der Waals surface area contributed by atoms with Gasteiger partial charge in [-0.05, 0) is 54.6 Å². The molecule has 2 aromatic rings. The van der Waals surface area contributed by atoms with E-state index in [-0.39, 0.29) is 11.8 Å². The van der Waals surface area contributed by atoms with Crippen molar-refractivity contribution in [3.8, 4) is 11.1 Å². The number of likely N-dealkylation sites (N-methyl/N-ethyl adjacent to an activating group) is 1. The van der Waals surface area contributed by atoms with Gasteiger partial charge in [-0.3, -0.25) is 9.59 Å². The average Bonchev–Trinajstić information content (AvgIpc) is 2.95. The molecule has 0 aliphatic carbocycles. The Morgan fingerprint density at radius 3 is 2.33 bits per heavy atom. The number of rotatable bonds is 13. The number of amides is 2. The molecule has 5 nitrogen and oxygen atoms in total. The molecular formula is C31H43N3O2. The van der Waals surface area contributed by atoms with Crippen LogP contribution in [0, 0.1) is 0 Å². The lowest BCUT2D eigenvalue weighted by Gasteiger charge is -2.29. The van der Waals surface area contributed by atoms with Crippen LogP contribution in [0.25, 0.3) is 11.1 Å². The topological polar surface area (TPSA) is 52.7 Å². The first-order valence-corrected chi connectivity index (χ1v) is 13.6. The minimum absolute atomic E-state index is 0.0148. The Morgan fingerprint density at radius 2 is 1.61 bits per heavy atom. The maximum absolute atomic E-state index is 13.5. The number of hydrogen-bond acceptors (Lipinski definition) is 3. The van der Waals surface area contributed by atoms with Crippen LogP contribution in [0.15, 0.2) is 60.3 Å². The fourth-order valence-electron chi connectivity index (χ4n) is 4.69. The van der Waals surface area contributed by atoms with E-state index in [2.05, 4.69) is 67.7 Å². The van der Waals surface area contributed by atoms with Crippen LogP contribution in [-0.2, 0) is 22.6 Å². The van der Waals surface area contributed by atoms with Crippen LogP contribution in [0.4, 0.5) is 0 Å². The third-order valence-corrected chi connectivity index (χ3v) is 7.04. The van der Waals surface area contributed by atoms with E-state index in [4.69, 9.17) is 0 Å². The van der Waals surface area contributed by atoms with Gasteiger partial charge in [0.1, 0.15) is 6.04 Å². The van der Waals surface area contributed by atoms with E-state index in [1.807, 2.05) is 11.8 Å². The number of unbranched alkanes of at least 4 members (excludes halogenated alkanes) is 4. The molecule has 1 heterocycles. The molecule has 2 amide bonds. The molecule has 2 aromatic carbocycles. The SMILES string of the molecule is CCCCCCN1C(=O)[C@H](Cc2ccc(-c3cccc(CNCCCC)c3)cc2)N(C)C(=O)C=C1C. The molecule has 0 unspecified atom stereocenters. The van der Waals surface area contributed by atoms with Crippen LogP contribution in [0.5, 0.6) is 0 Å². The highest BCUT2D eigenvalue weighted by Crippen LogP contribution is 2.24. The predicted octanol–water partition coefficient (Wildman–Crippen LogP) is 5.94. The summed E-state index contributed by atoms with van der Waals surface area (Å²) < 4.78 is 0. The van der Waals surface area contributed by atoms with Gasteiger partial charge in [0.05, 0.1) is 0 Å². The van der Waals surface area contributed by atoms with Crippen molar-refractivity contribution in [2.24, 2.45) is 0 Å². The summed E-state index contributed by atoms with van der Waals surface area (Å²) in [6, 6.07) is 16.5. The zero-order valence-electron chi connectivity index (χ0n) is 22.6. The van der Waals surface area contributed by atoms with Gasteiger partial charge in [0.15, 0.2) is 0 Å². The number of nitrogens with zero attached hydrogens (tertiary/aromatic N) is 2. The molecule has 1 aliphatic rings. The lowest BCUT2D eigenvalue weighted by molar-refractivity contribution is -0.139. The van der Waals surface area contributed by atoms with Crippen LogP contribution in [0.2, 0.25) is 0 Å². The molecular weight excluding hydrogens is 446 g/mol. The minimum Gasteiger partial charge on any atom is -0.330 e. The number of hydrogen-bond donors (Lipinski definition) is 1. The van der Waals surface area contributed by atoms with Gasteiger partial charge in [0.2, 0.25) is 11.8 Å². The minimum atomic E-state index is -0.499. The molecule has 5 heteroatoms. The van der Waals surface area contributed by atoms with E-state index < -0.39 is 6.04 Å². The fourth-order valence-corrected chi connectivity index (χ4v) is 4.69. The van der Waals surface area contributed by atoms with E-state index in [1.165, 1.54) is 24.0 Å². The van der Waals surface area contributed by atoms with Gasteiger partial charge in [-0.1, -0.05) is 82.0 Å². The van der Waals surface area contributed by atoms with Crippen LogP contribution in [0.3, 0.4) is 0 Å². The van der Waals surface area contributed by atoms with Crippen molar-refractivity contribution in [2.45, 2.75) is 78.3 Å². The van der Waals surface area contributed by atoms with Crippen LogP contribution in [0.1, 0.15) is 70.4 Å². The Hall–Kier alpha value is -2.92. The van der Waals surface area contributed by atoms with Crippen LogP contribution in [-0.4, -0.2) is 47.8 Å². The summed E-state index contributed by atoms with van der Waals surface area (Å²) in [5.41, 5.74) is 5.42. The molecule has 1 aliphatic heterocycles. The average molecular weight is 490 g/mol. The van der Waals surface area contributed by atoms with E-state index in [0.29, 0.717) is 13.0 Å². The molecule has 0 spiro atoms. The van der Waals surface area contributed by atoms with Gasteiger partial charge >= 0.3 is 0 Å². The zero-order chi connectivity index (χ0) is 25.9. The van der Waals surface area contributed by atoms with Gasteiger partial charge in [-0.25, -0.2) is 0 Å². The van der Waals surface area contributed by atoms with Gasteiger partial charge in [0.25, 0.3) is 0 Å². The molecule has 1 atom stereocenters. The molecule has 0 fully saturated rings. The van der Waals surface area contributed by atoms with Gasteiger partial charge < -0.3 is 15.1 Å². The van der Waals surface area contributed by atoms with E-state index in [9.17, 15) is 9.59 Å². The molecule has 0 aromatic heterocycles. The second-order valence-corrected chi connectivity index (χ2v) is 9.93. The Balaban J connectivity index is 1.69. The first-order valence-electron chi connectivity index (χ1n) is 13.6. The summed E-state index contributed by atoms with van der Waals surface area (Å²) in [6.45, 7) is 8.83. The summed E-state index contributed by atoms with van der Waals surface area (Å²) in [6.07, 6.45) is 8.87. The van der Waals surface area contributed by atoms with Crippen molar-refractivity contribution in [3.63, 3.8) is 0 Å². The normalized spacial score (nSPS) is 16.3. The number of allylic oxidation sites excluding steroid dienone is 1. The van der Waals surface area contributed by atoms with Gasteiger partial charge in [-0.2, -0.15) is 0 Å². The molecule has 194 valence electrons. The first-order chi connectivity index (χ1) is 17.4. The second-order valence-electron chi connectivity index (χ2n) is 9.93. The summed E-state index contributed by atoms with van der Waals surface area (Å²) in [5, 5.41) is 3.51. The zero-order valence-corrected chi connectivity index (χ0v) is 22.6. The highest BCUT2D eigenvalue weighted by Gasteiger charge is 2.33. The molecule has 0 radical (unpaired) electrons. The predicted molar refractivity (Wildman–Crippen MR) is 148 cm³/mol. The van der Waals surface area contributed by atoms with Crippen molar-refractivity contribution in [2.75, 3.05) is 20.1 Å². The standard InChI is InChI=1S/C31H43N3O2/c1-5-7-9-10-19-34-24(3)20-30(35)33(4)29(31(34)36)22-25-14-16-27(17-15-25)28-13-11-12-26(21-28)23-32-18-8-6-2/h11-17,20-21,29,32H,5-10,18-19,22-23H2,1-4H3/t29-/m0/s1. The maximum atomic E-state index is 13.5. The van der Waals surface area contributed by atoms with Crippen molar-refractivity contribution < 1.29 is 9.59 Å².